The molecule has 1 N–H and O–H groups in total. The summed E-state index contributed by atoms with van der Waals surface area (Å²) in [5, 5.41) is 14.6. The van der Waals surface area contributed by atoms with E-state index < -0.39 is 5.60 Å². The smallest absolute Gasteiger partial charge is 0.274 e. The molecule has 1 aliphatic carbocycles. The average Bonchev–Trinajstić information content (AvgIpc) is 3.11. The zero-order valence-corrected chi connectivity index (χ0v) is 14.7. The van der Waals surface area contributed by atoms with Gasteiger partial charge in [-0.05, 0) is 60.5 Å². The topological polar surface area (TPSA) is 58.4 Å². The van der Waals surface area contributed by atoms with Crippen molar-refractivity contribution in [2.45, 2.75) is 71.4 Å². The summed E-state index contributed by atoms with van der Waals surface area (Å²) in [4.78, 5) is 14.4. The highest BCUT2D eigenvalue weighted by atomic mass is 16.3. The molecule has 1 amide bonds. The van der Waals surface area contributed by atoms with Gasteiger partial charge in [-0.1, -0.05) is 0 Å². The van der Waals surface area contributed by atoms with Gasteiger partial charge in [0.1, 0.15) is 0 Å². The molecule has 1 heterocycles. The van der Waals surface area contributed by atoms with E-state index in [-0.39, 0.29) is 11.4 Å². The molecule has 0 aliphatic heterocycles. The van der Waals surface area contributed by atoms with Crippen LogP contribution in [0.25, 0.3) is 0 Å². The van der Waals surface area contributed by atoms with E-state index in [1.165, 1.54) is 12.8 Å². The molecule has 5 heteroatoms. The number of amides is 1. The third-order valence-corrected chi connectivity index (χ3v) is 3.83. The highest BCUT2D eigenvalue weighted by Crippen LogP contribution is 2.41. The molecule has 1 saturated carbocycles. The Morgan fingerprint density at radius 3 is 2.36 bits per heavy atom. The van der Waals surface area contributed by atoms with Crippen molar-refractivity contribution < 1.29 is 9.90 Å². The molecule has 1 aromatic rings. The van der Waals surface area contributed by atoms with Crippen molar-refractivity contribution in [3.05, 3.63) is 17.5 Å². The van der Waals surface area contributed by atoms with Crippen molar-refractivity contribution in [2.75, 3.05) is 13.1 Å². The number of aliphatic hydroxyl groups is 1. The lowest BCUT2D eigenvalue weighted by molar-refractivity contribution is 0.0310. The first kappa shape index (κ1) is 17.0. The number of likely N-dealkylation sites (N-methyl/N-ethyl adjacent to an activating group) is 1. The second-order valence-corrected chi connectivity index (χ2v) is 7.94. The van der Waals surface area contributed by atoms with E-state index >= 15 is 0 Å². The Labute approximate surface area is 133 Å². The molecule has 0 saturated heterocycles. The van der Waals surface area contributed by atoms with Gasteiger partial charge >= 0.3 is 0 Å². The molecule has 22 heavy (non-hydrogen) atoms. The lowest BCUT2D eigenvalue weighted by atomic mass is 10.1. The van der Waals surface area contributed by atoms with Gasteiger partial charge in [-0.3, -0.25) is 9.48 Å². The summed E-state index contributed by atoms with van der Waals surface area (Å²) in [6.07, 6.45) is 2.35. The number of nitrogens with zero attached hydrogens (tertiary/aromatic N) is 3. The third-order valence-electron chi connectivity index (χ3n) is 3.83. The molecule has 124 valence electrons. The fraction of sp³-hybridized carbons (Fsp3) is 0.765. The molecular formula is C17H29N3O2. The van der Waals surface area contributed by atoms with E-state index in [1.54, 1.807) is 18.7 Å². The summed E-state index contributed by atoms with van der Waals surface area (Å²) >= 11 is 0. The van der Waals surface area contributed by atoms with Gasteiger partial charge < -0.3 is 10.0 Å². The van der Waals surface area contributed by atoms with Crippen LogP contribution in [-0.4, -0.2) is 44.4 Å². The standard InChI is InChI=1S/C17H29N3O2/c1-7-19(11-17(5,6)22)15(21)13-10-14(12-8-9-12)20(18-13)16(2,3)4/h10,12,22H,7-9,11H2,1-6H3. The minimum absolute atomic E-state index is 0.102. The molecule has 1 fully saturated rings. The molecule has 0 spiro atoms. The lowest BCUT2D eigenvalue weighted by Crippen LogP contribution is -2.42. The monoisotopic (exact) mass is 307 g/mol. The van der Waals surface area contributed by atoms with Gasteiger partial charge in [0.25, 0.3) is 5.91 Å². The summed E-state index contributed by atoms with van der Waals surface area (Å²) in [7, 11) is 0. The van der Waals surface area contributed by atoms with Crippen molar-refractivity contribution in [2.24, 2.45) is 0 Å². The normalized spacial score (nSPS) is 16.0. The second-order valence-electron chi connectivity index (χ2n) is 7.94. The number of aromatic nitrogens is 2. The Hall–Kier alpha value is -1.36. The molecular weight excluding hydrogens is 278 g/mol. The molecule has 0 radical (unpaired) electrons. The van der Waals surface area contributed by atoms with Crippen molar-refractivity contribution in [3.63, 3.8) is 0 Å². The van der Waals surface area contributed by atoms with E-state index in [0.29, 0.717) is 24.7 Å². The number of hydrogen-bond acceptors (Lipinski definition) is 3. The fourth-order valence-corrected chi connectivity index (χ4v) is 2.66. The van der Waals surface area contributed by atoms with Crippen LogP contribution >= 0.6 is 0 Å². The van der Waals surface area contributed by atoms with Crippen LogP contribution in [0.4, 0.5) is 0 Å². The molecule has 1 aromatic heterocycles. The molecule has 0 atom stereocenters. The fourth-order valence-electron chi connectivity index (χ4n) is 2.66. The second kappa shape index (κ2) is 5.69. The first-order valence-corrected chi connectivity index (χ1v) is 8.15. The predicted molar refractivity (Wildman–Crippen MR) is 87.1 cm³/mol. The first-order chi connectivity index (χ1) is 10.0. The highest BCUT2D eigenvalue weighted by molar-refractivity contribution is 5.92. The van der Waals surface area contributed by atoms with Gasteiger partial charge in [0.2, 0.25) is 0 Å². The van der Waals surface area contributed by atoms with Gasteiger partial charge in [-0.2, -0.15) is 5.10 Å². The van der Waals surface area contributed by atoms with Crippen LogP contribution in [0.5, 0.6) is 0 Å². The summed E-state index contributed by atoms with van der Waals surface area (Å²) in [5.41, 5.74) is 0.611. The highest BCUT2D eigenvalue weighted by Gasteiger charge is 2.33. The van der Waals surface area contributed by atoms with Crippen LogP contribution in [0.3, 0.4) is 0 Å². The summed E-state index contributed by atoms with van der Waals surface area (Å²) in [6.45, 7) is 12.5. The Bertz CT molecular complexity index is 545. The summed E-state index contributed by atoms with van der Waals surface area (Å²) in [6, 6.07) is 1.94. The van der Waals surface area contributed by atoms with E-state index in [1.807, 2.05) is 17.7 Å². The van der Waals surface area contributed by atoms with E-state index in [0.717, 1.165) is 5.69 Å². The largest absolute Gasteiger partial charge is 0.389 e. The minimum atomic E-state index is -0.905. The molecule has 1 aliphatic rings. The Balaban J connectivity index is 2.29. The number of carbonyl (C=O) groups is 1. The van der Waals surface area contributed by atoms with Crippen LogP contribution in [0, 0.1) is 0 Å². The Morgan fingerprint density at radius 2 is 1.95 bits per heavy atom. The lowest BCUT2D eigenvalue weighted by Gasteiger charge is -2.27. The van der Waals surface area contributed by atoms with Gasteiger partial charge in [0, 0.05) is 24.7 Å². The van der Waals surface area contributed by atoms with Crippen molar-refractivity contribution in [3.8, 4) is 0 Å². The molecule has 2 rings (SSSR count). The zero-order valence-electron chi connectivity index (χ0n) is 14.7. The molecule has 0 unspecified atom stereocenters. The Morgan fingerprint density at radius 1 is 1.36 bits per heavy atom. The quantitative estimate of drug-likeness (QED) is 0.910. The molecule has 0 aromatic carbocycles. The Kier molecular flexibility index (Phi) is 4.39. The molecule has 5 nitrogen and oxygen atoms in total. The summed E-state index contributed by atoms with van der Waals surface area (Å²) < 4.78 is 2.00. The van der Waals surface area contributed by atoms with Gasteiger partial charge in [-0.15, -0.1) is 0 Å². The van der Waals surface area contributed by atoms with Crippen molar-refractivity contribution >= 4 is 5.91 Å². The van der Waals surface area contributed by atoms with E-state index in [9.17, 15) is 9.90 Å². The van der Waals surface area contributed by atoms with Crippen LogP contribution in [0.15, 0.2) is 6.07 Å². The van der Waals surface area contributed by atoms with Crippen LogP contribution in [0.2, 0.25) is 0 Å². The summed E-state index contributed by atoms with van der Waals surface area (Å²) in [5.74, 6) is 0.437. The van der Waals surface area contributed by atoms with Crippen molar-refractivity contribution in [1.82, 2.24) is 14.7 Å². The van der Waals surface area contributed by atoms with Crippen molar-refractivity contribution in [1.29, 1.82) is 0 Å². The van der Waals surface area contributed by atoms with E-state index in [4.69, 9.17) is 0 Å². The SMILES string of the molecule is CCN(CC(C)(C)O)C(=O)c1cc(C2CC2)n(C(C)(C)C)n1. The van der Waals surface area contributed by atoms with Crippen LogP contribution in [-0.2, 0) is 5.54 Å². The third kappa shape index (κ3) is 3.88. The zero-order chi connectivity index (χ0) is 16.7. The maximum absolute atomic E-state index is 12.7. The number of rotatable bonds is 5. The predicted octanol–water partition coefficient (Wildman–Crippen LogP) is 2.75. The number of carbonyl (C=O) groups excluding carboxylic acids is 1. The maximum Gasteiger partial charge on any atom is 0.274 e. The van der Waals surface area contributed by atoms with Gasteiger partial charge in [-0.25, -0.2) is 0 Å². The van der Waals surface area contributed by atoms with Gasteiger partial charge in [0.05, 0.1) is 11.1 Å². The number of hydrogen-bond donors (Lipinski definition) is 1. The average molecular weight is 307 g/mol. The first-order valence-electron chi connectivity index (χ1n) is 8.15. The van der Waals surface area contributed by atoms with Gasteiger partial charge in [0.15, 0.2) is 5.69 Å². The van der Waals surface area contributed by atoms with Crippen LogP contribution < -0.4 is 0 Å². The maximum atomic E-state index is 12.7. The molecule has 0 bridgehead atoms. The van der Waals surface area contributed by atoms with Crippen LogP contribution in [0.1, 0.15) is 76.5 Å². The van der Waals surface area contributed by atoms with E-state index in [2.05, 4.69) is 25.9 Å². The minimum Gasteiger partial charge on any atom is -0.389 e.